The van der Waals surface area contributed by atoms with Crippen molar-refractivity contribution in [2.75, 3.05) is 0 Å². The molecule has 0 saturated heterocycles. The minimum atomic E-state index is -0.821. The van der Waals surface area contributed by atoms with Gasteiger partial charge in [0.1, 0.15) is 0 Å². The van der Waals surface area contributed by atoms with Crippen molar-refractivity contribution in [1.29, 1.82) is 0 Å². The molecule has 0 radical (unpaired) electrons. The number of aliphatic carboxylic acids is 1. The molecule has 1 aromatic rings. The van der Waals surface area contributed by atoms with Crippen molar-refractivity contribution in [2.45, 2.75) is 49.5 Å². The van der Waals surface area contributed by atoms with Gasteiger partial charge >= 0.3 is 5.97 Å². The summed E-state index contributed by atoms with van der Waals surface area (Å²) >= 11 is 0. The molecule has 0 bridgehead atoms. The van der Waals surface area contributed by atoms with Crippen LogP contribution >= 0.6 is 0 Å². The van der Waals surface area contributed by atoms with Crippen LogP contribution in [0.15, 0.2) is 24.3 Å². The van der Waals surface area contributed by atoms with Gasteiger partial charge in [0, 0.05) is 21.8 Å². The number of benzene rings is 1. The molecule has 2 rings (SSSR count). The Morgan fingerprint density at radius 2 is 1.68 bits per heavy atom. The lowest BCUT2D eigenvalue weighted by Crippen LogP contribution is -2.19. The SMILES string of the molecule is O=C(O)Cc1ccc(CS(=O)C2CCCCC2)cc1. The Balaban J connectivity index is 1.91. The fraction of sp³-hybridized carbons (Fsp3) is 0.533. The summed E-state index contributed by atoms with van der Waals surface area (Å²) in [7, 11) is -0.791. The standard InChI is InChI=1S/C15H20O3S/c16-15(17)10-12-6-8-13(9-7-12)11-19(18)14-4-2-1-3-5-14/h6-9,14H,1-5,10-11H2,(H,16,17). The monoisotopic (exact) mass is 280 g/mol. The summed E-state index contributed by atoms with van der Waals surface area (Å²) in [5.74, 6) is -0.226. The van der Waals surface area contributed by atoms with Gasteiger partial charge in [-0.2, -0.15) is 0 Å². The zero-order valence-electron chi connectivity index (χ0n) is 11.0. The van der Waals surface area contributed by atoms with Crippen LogP contribution in [0.4, 0.5) is 0 Å². The van der Waals surface area contributed by atoms with E-state index in [1.807, 2.05) is 24.3 Å². The Kier molecular flexibility index (Phi) is 5.14. The normalized spacial score (nSPS) is 18.1. The third-order valence-corrected chi connectivity index (χ3v) is 5.44. The van der Waals surface area contributed by atoms with Crippen molar-refractivity contribution >= 4 is 16.8 Å². The van der Waals surface area contributed by atoms with Gasteiger partial charge in [0.2, 0.25) is 0 Å². The average molecular weight is 280 g/mol. The molecule has 0 spiro atoms. The van der Waals surface area contributed by atoms with Crippen LogP contribution in [0.5, 0.6) is 0 Å². The molecule has 19 heavy (non-hydrogen) atoms. The zero-order valence-corrected chi connectivity index (χ0v) is 11.8. The van der Waals surface area contributed by atoms with Crippen LogP contribution < -0.4 is 0 Å². The van der Waals surface area contributed by atoms with Crippen LogP contribution in [0.2, 0.25) is 0 Å². The van der Waals surface area contributed by atoms with Gasteiger partial charge in [-0.25, -0.2) is 0 Å². The summed E-state index contributed by atoms with van der Waals surface area (Å²) in [5.41, 5.74) is 1.83. The summed E-state index contributed by atoms with van der Waals surface area (Å²) in [6.07, 6.45) is 5.90. The second-order valence-electron chi connectivity index (χ2n) is 5.17. The van der Waals surface area contributed by atoms with Gasteiger partial charge in [-0.1, -0.05) is 43.5 Å². The molecule has 0 amide bonds. The lowest BCUT2D eigenvalue weighted by atomic mass is 10.0. The van der Waals surface area contributed by atoms with Crippen molar-refractivity contribution in [1.82, 2.24) is 0 Å². The van der Waals surface area contributed by atoms with Crippen molar-refractivity contribution in [3.05, 3.63) is 35.4 Å². The molecule has 104 valence electrons. The number of carboxylic acids is 1. The van der Waals surface area contributed by atoms with E-state index in [1.165, 1.54) is 19.3 Å². The molecule has 0 aliphatic heterocycles. The zero-order chi connectivity index (χ0) is 13.7. The molecule has 1 saturated carbocycles. The molecule has 1 aliphatic carbocycles. The first-order valence-corrected chi connectivity index (χ1v) is 8.20. The van der Waals surface area contributed by atoms with E-state index in [4.69, 9.17) is 5.11 Å². The van der Waals surface area contributed by atoms with Gasteiger partial charge in [0.05, 0.1) is 6.42 Å². The van der Waals surface area contributed by atoms with Crippen molar-refractivity contribution in [3.8, 4) is 0 Å². The summed E-state index contributed by atoms with van der Waals surface area (Å²) in [5, 5.41) is 9.06. The summed E-state index contributed by atoms with van der Waals surface area (Å²) < 4.78 is 12.2. The summed E-state index contributed by atoms with van der Waals surface area (Å²) in [6.45, 7) is 0. The first kappa shape index (κ1) is 14.3. The predicted molar refractivity (Wildman–Crippen MR) is 76.5 cm³/mol. The van der Waals surface area contributed by atoms with Gasteiger partial charge in [0.25, 0.3) is 0 Å². The Labute approximate surface area is 116 Å². The second kappa shape index (κ2) is 6.85. The first-order chi connectivity index (χ1) is 9.15. The third kappa shape index (κ3) is 4.46. The number of carbonyl (C=O) groups is 1. The fourth-order valence-electron chi connectivity index (χ4n) is 2.54. The van der Waals surface area contributed by atoms with Crippen LogP contribution in [0.25, 0.3) is 0 Å². The van der Waals surface area contributed by atoms with E-state index in [-0.39, 0.29) is 6.42 Å². The molecule has 1 fully saturated rings. The van der Waals surface area contributed by atoms with E-state index >= 15 is 0 Å². The molecule has 0 heterocycles. The number of rotatable bonds is 5. The quantitative estimate of drug-likeness (QED) is 0.902. The Morgan fingerprint density at radius 3 is 2.26 bits per heavy atom. The van der Waals surface area contributed by atoms with E-state index in [9.17, 15) is 9.00 Å². The minimum Gasteiger partial charge on any atom is -0.481 e. The average Bonchev–Trinajstić information content (AvgIpc) is 2.41. The molecular formula is C15H20O3S. The predicted octanol–water partition coefficient (Wildman–Crippen LogP) is 2.90. The molecule has 1 N–H and O–H groups in total. The van der Waals surface area contributed by atoms with Crippen LogP contribution in [0.1, 0.15) is 43.2 Å². The molecule has 3 nitrogen and oxygen atoms in total. The third-order valence-electron chi connectivity index (χ3n) is 3.61. The van der Waals surface area contributed by atoms with Crippen LogP contribution in [-0.2, 0) is 27.8 Å². The lowest BCUT2D eigenvalue weighted by molar-refractivity contribution is -0.136. The summed E-state index contributed by atoms with van der Waals surface area (Å²) in [6, 6.07) is 7.45. The molecular weight excluding hydrogens is 260 g/mol. The maximum absolute atomic E-state index is 12.2. The molecule has 1 unspecified atom stereocenters. The van der Waals surface area contributed by atoms with E-state index in [1.54, 1.807) is 0 Å². The van der Waals surface area contributed by atoms with E-state index in [0.717, 1.165) is 24.0 Å². The molecule has 1 aliphatic rings. The maximum Gasteiger partial charge on any atom is 0.307 e. The molecule has 0 aromatic heterocycles. The maximum atomic E-state index is 12.2. The van der Waals surface area contributed by atoms with Gasteiger partial charge in [0.15, 0.2) is 0 Å². The largest absolute Gasteiger partial charge is 0.481 e. The Bertz CT molecular complexity index is 447. The highest BCUT2D eigenvalue weighted by molar-refractivity contribution is 7.84. The van der Waals surface area contributed by atoms with Gasteiger partial charge in [-0.3, -0.25) is 9.00 Å². The van der Waals surface area contributed by atoms with Crippen molar-refractivity contribution in [3.63, 3.8) is 0 Å². The van der Waals surface area contributed by atoms with Crippen LogP contribution in [0.3, 0.4) is 0 Å². The number of hydrogen-bond acceptors (Lipinski definition) is 2. The summed E-state index contributed by atoms with van der Waals surface area (Å²) in [4.78, 5) is 10.6. The molecule has 1 aromatic carbocycles. The highest BCUT2D eigenvalue weighted by Crippen LogP contribution is 2.23. The highest BCUT2D eigenvalue weighted by atomic mass is 32.2. The Morgan fingerprint density at radius 1 is 1.11 bits per heavy atom. The van der Waals surface area contributed by atoms with Crippen LogP contribution in [-0.4, -0.2) is 20.5 Å². The van der Waals surface area contributed by atoms with Gasteiger partial charge in [-0.15, -0.1) is 0 Å². The van der Waals surface area contributed by atoms with E-state index in [2.05, 4.69) is 0 Å². The molecule has 1 atom stereocenters. The van der Waals surface area contributed by atoms with Gasteiger partial charge < -0.3 is 5.11 Å². The smallest absolute Gasteiger partial charge is 0.307 e. The van der Waals surface area contributed by atoms with Gasteiger partial charge in [-0.05, 0) is 24.0 Å². The fourth-order valence-corrected chi connectivity index (χ4v) is 4.15. The Hall–Kier alpha value is -1.16. The topological polar surface area (TPSA) is 54.4 Å². The first-order valence-electron chi connectivity index (χ1n) is 6.82. The number of carboxylic acid groups (broad SMARTS) is 1. The van der Waals surface area contributed by atoms with Crippen molar-refractivity contribution in [2.24, 2.45) is 0 Å². The van der Waals surface area contributed by atoms with Crippen LogP contribution in [0, 0.1) is 0 Å². The molecule has 4 heteroatoms. The number of hydrogen-bond donors (Lipinski definition) is 1. The van der Waals surface area contributed by atoms with E-state index in [0.29, 0.717) is 11.0 Å². The highest BCUT2D eigenvalue weighted by Gasteiger charge is 2.19. The minimum absolute atomic E-state index is 0.0476. The lowest BCUT2D eigenvalue weighted by Gasteiger charge is -2.20. The second-order valence-corrected chi connectivity index (χ2v) is 6.89. The van der Waals surface area contributed by atoms with E-state index < -0.39 is 16.8 Å². The van der Waals surface area contributed by atoms with Crippen molar-refractivity contribution < 1.29 is 14.1 Å².